The quantitative estimate of drug-likeness (QED) is 0.392. The second-order valence-electron chi connectivity index (χ2n) is 3.86. The number of nitrogens with two attached hydrogens (primary N) is 1. The zero-order valence-electron chi connectivity index (χ0n) is 10.9. The van der Waals surface area contributed by atoms with E-state index < -0.39 is 0 Å². The number of rotatable bonds is 5. The lowest BCUT2D eigenvalue weighted by molar-refractivity contribution is 0.379. The Kier molecular flexibility index (Phi) is 3.34. The van der Waals surface area contributed by atoms with Crippen molar-refractivity contribution in [2.45, 2.75) is 13.5 Å². The summed E-state index contributed by atoms with van der Waals surface area (Å²) in [4.78, 5) is 20.2. The van der Waals surface area contributed by atoms with Crippen molar-refractivity contribution in [1.29, 1.82) is 0 Å². The van der Waals surface area contributed by atoms with E-state index in [2.05, 4.69) is 45.9 Å². The maximum absolute atomic E-state index is 5.33. The molecule has 12 nitrogen and oxygen atoms in total. The number of hydrogen-bond acceptors (Lipinski definition) is 11. The van der Waals surface area contributed by atoms with Gasteiger partial charge in [0.1, 0.15) is 12.7 Å². The molecule has 3 aromatic heterocycles. The van der Waals surface area contributed by atoms with Gasteiger partial charge in [-0.25, -0.2) is 10.8 Å². The highest BCUT2D eigenvalue weighted by atomic mass is 16.5. The van der Waals surface area contributed by atoms with Crippen molar-refractivity contribution in [3.05, 3.63) is 24.4 Å². The number of nitrogens with one attached hydrogen (secondary N) is 2. The summed E-state index contributed by atoms with van der Waals surface area (Å²) in [6.45, 7) is 2.00. The van der Waals surface area contributed by atoms with Gasteiger partial charge in [0.15, 0.2) is 5.82 Å². The molecule has 0 aliphatic heterocycles. The highest BCUT2D eigenvalue weighted by Crippen LogP contribution is 2.08. The Balaban J connectivity index is 1.82. The van der Waals surface area contributed by atoms with Crippen LogP contribution in [0.1, 0.15) is 11.7 Å². The molecule has 0 radical (unpaired) electrons. The number of anilines is 2. The third-order valence-electron chi connectivity index (χ3n) is 2.34. The third-order valence-corrected chi connectivity index (χ3v) is 2.34. The van der Waals surface area contributed by atoms with Gasteiger partial charge in [-0.3, -0.25) is 5.43 Å². The second kappa shape index (κ2) is 5.46. The largest absolute Gasteiger partial charge is 0.345 e. The summed E-state index contributed by atoms with van der Waals surface area (Å²) in [5.41, 5.74) is 2.36. The van der Waals surface area contributed by atoms with Crippen molar-refractivity contribution in [1.82, 2.24) is 39.9 Å². The molecular formula is C9H11N11O. The van der Waals surface area contributed by atoms with Gasteiger partial charge >= 0.3 is 0 Å². The monoisotopic (exact) mass is 289 g/mol. The zero-order chi connectivity index (χ0) is 14.7. The third kappa shape index (κ3) is 2.89. The minimum Gasteiger partial charge on any atom is -0.345 e. The van der Waals surface area contributed by atoms with Gasteiger partial charge < -0.3 is 9.84 Å². The molecule has 0 aliphatic carbocycles. The summed E-state index contributed by atoms with van der Waals surface area (Å²) in [7, 11) is 0. The first-order valence-electron chi connectivity index (χ1n) is 5.85. The molecule has 0 saturated heterocycles. The highest BCUT2D eigenvalue weighted by molar-refractivity contribution is 5.36. The number of aryl methyl sites for hydroxylation is 1. The molecule has 3 rings (SSSR count). The fourth-order valence-corrected chi connectivity index (χ4v) is 1.49. The first-order valence-corrected chi connectivity index (χ1v) is 5.85. The zero-order valence-corrected chi connectivity index (χ0v) is 10.9. The summed E-state index contributed by atoms with van der Waals surface area (Å²) < 4.78 is 6.36. The van der Waals surface area contributed by atoms with Crippen LogP contribution in [0, 0.1) is 6.92 Å². The van der Waals surface area contributed by atoms with Gasteiger partial charge in [-0.1, -0.05) is 5.16 Å². The van der Waals surface area contributed by atoms with Crippen molar-refractivity contribution in [3.8, 4) is 5.95 Å². The molecule has 12 heteroatoms. The van der Waals surface area contributed by atoms with Gasteiger partial charge in [0.2, 0.25) is 17.8 Å². The van der Waals surface area contributed by atoms with E-state index in [-0.39, 0.29) is 24.4 Å². The molecule has 0 unspecified atom stereocenters. The smallest absolute Gasteiger partial charge is 0.258 e. The Labute approximate surface area is 117 Å². The predicted molar refractivity (Wildman–Crippen MR) is 68.9 cm³/mol. The van der Waals surface area contributed by atoms with Crippen LogP contribution in [0.25, 0.3) is 5.95 Å². The van der Waals surface area contributed by atoms with Crippen molar-refractivity contribution in [2.75, 3.05) is 10.7 Å². The summed E-state index contributed by atoms with van der Waals surface area (Å²) in [5, 5.41) is 10.6. The van der Waals surface area contributed by atoms with Crippen molar-refractivity contribution >= 4 is 11.9 Å². The predicted octanol–water partition coefficient (Wildman–Crippen LogP) is -0.959. The molecule has 0 saturated carbocycles. The SMILES string of the molecule is Cc1noc(CNc2nc(NN)nc(-n3cncn3)n2)n1. The Bertz CT molecular complexity index is 721. The number of hydrazine groups is 1. The minimum atomic E-state index is 0.180. The van der Waals surface area contributed by atoms with E-state index in [1.807, 2.05) is 0 Å². The Morgan fingerprint density at radius 3 is 2.76 bits per heavy atom. The topological polar surface area (TPSA) is 158 Å². The number of nitrogens with zero attached hydrogens (tertiary/aromatic N) is 8. The normalized spacial score (nSPS) is 10.6. The highest BCUT2D eigenvalue weighted by Gasteiger charge is 2.09. The lowest BCUT2D eigenvalue weighted by atomic mass is 10.6. The van der Waals surface area contributed by atoms with E-state index in [9.17, 15) is 0 Å². The molecule has 0 atom stereocenters. The Morgan fingerprint density at radius 2 is 2.10 bits per heavy atom. The van der Waals surface area contributed by atoms with Crippen LogP contribution in [0.5, 0.6) is 0 Å². The van der Waals surface area contributed by atoms with E-state index >= 15 is 0 Å². The minimum absolute atomic E-state index is 0.180. The fraction of sp³-hybridized carbons (Fsp3) is 0.222. The summed E-state index contributed by atoms with van der Waals surface area (Å²) in [6, 6.07) is 0. The summed E-state index contributed by atoms with van der Waals surface area (Å²) >= 11 is 0. The van der Waals surface area contributed by atoms with Gasteiger partial charge in [-0.15, -0.1) is 0 Å². The van der Waals surface area contributed by atoms with E-state index in [1.165, 1.54) is 17.3 Å². The Morgan fingerprint density at radius 1 is 1.24 bits per heavy atom. The van der Waals surface area contributed by atoms with Crippen LogP contribution >= 0.6 is 0 Å². The second-order valence-corrected chi connectivity index (χ2v) is 3.86. The number of aromatic nitrogens is 8. The summed E-state index contributed by atoms with van der Waals surface area (Å²) in [6.07, 6.45) is 2.83. The Hall–Kier alpha value is -3.15. The molecule has 0 amide bonds. The van der Waals surface area contributed by atoms with E-state index in [1.54, 1.807) is 6.92 Å². The van der Waals surface area contributed by atoms with Gasteiger partial charge in [0.25, 0.3) is 5.95 Å². The molecule has 3 heterocycles. The van der Waals surface area contributed by atoms with Crippen LogP contribution in [0.3, 0.4) is 0 Å². The standard InChI is InChI=1S/C9H11N11O/c1-5-14-6(21-19-5)2-12-7-15-8(18-10)17-9(16-7)20-4-11-3-13-20/h3-4H,2,10H2,1H3,(H2,12,15,16,17,18). The van der Waals surface area contributed by atoms with Gasteiger partial charge in [0.05, 0.1) is 6.54 Å². The first-order chi connectivity index (χ1) is 10.2. The maximum Gasteiger partial charge on any atom is 0.258 e. The van der Waals surface area contributed by atoms with E-state index in [0.717, 1.165) is 0 Å². The molecule has 0 spiro atoms. The number of hydrogen-bond donors (Lipinski definition) is 3. The van der Waals surface area contributed by atoms with Crippen LogP contribution in [-0.2, 0) is 6.54 Å². The van der Waals surface area contributed by atoms with Gasteiger partial charge in [-0.2, -0.15) is 29.7 Å². The molecule has 0 aromatic carbocycles. The van der Waals surface area contributed by atoms with Crippen LogP contribution in [0.4, 0.5) is 11.9 Å². The molecule has 21 heavy (non-hydrogen) atoms. The van der Waals surface area contributed by atoms with Crippen molar-refractivity contribution in [3.63, 3.8) is 0 Å². The van der Waals surface area contributed by atoms with Crippen molar-refractivity contribution < 1.29 is 4.52 Å². The molecule has 0 bridgehead atoms. The van der Waals surface area contributed by atoms with Crippen LogP contribution in [-0.4, -0.2) is 39.9 Å². The first kappa shape index (κ1) is 12.9. The molecule has 0 aliphatic rings. The molecule has 4 N–H and O–H groups in total. The van der Waals surface area contributed by atoms with E-state index in [4.69, 9.17) is 10.4 Å². The summed E-state index contributed by atoms with van der Waals surface area (Å²) in [5.74, 6) is 7.02. The fourth-order valence-electron chi connectivity index (χ4n) is 1.49. The van der Waals surface area contributed by atoms with Gasteiger partial charge in [0, 0.05) is 0 Å². The average molecular weight is 289 g/mol. The molecule has 0 fully saturated rings. The molecule has 3 aromatic rings. The average Bonchev–Trinajstić information content (AvgIpc) is 3.16. The molecular weight excluding hydrogens is 278 g/mol. The lowest BCUT2D eigenvalue weighted by Crippen LogP contribution is -2.16. The van der Waals surface area contributed by atoms with E-state index in [0.29, 0.717) is 11.7 Å². The number of nitrogen functional groups attached to an aromatic ring is 1. The van der Waals surface area contributed by atoms with Gasteiger partial charge in [-0.05, 0) is 6.92 Å². The van der Waals surface area contributed by atoms with Crippen LogP contribution in [0.15, 0.2) is 17.2 Å². The molecule has 108 valence electrons. The maximum atomic E-state index is 5.33. The lowest BCUT2D eigenvalue weighted by Gasteiger charge is -2.06. The van der Waals surface area contributed by atoms with Crippen molar-refractivity contribution in [2.24, 2.45) is 5.84 Å². The van der Waals surface area contributed by atoms with Crippen LogP contribution in [0.2, 0.25) is 0 Å². The van der Waals surface area contributed by atoms with Crippen LogP contribution < -0.4 is 16.6 Å².